The van der Waals surface area contributed by atoms with Gasteiger partial charge in [-0.05, 0) is 43.2 Å². The van der Waals surface area contributed by atoms with E-state index >= 15 is 0 Å². The number of ether oxygens (including phenoxy) is 1. The molecule has 0 aromatic heterocycles. The van der Waals surface area contributed by atoms with Crippen LogP contribution in [0.15, 0.2) is 42.5 Å². The molecule has 27 heavy (non-hydrogen) atoms. The summed E-state index contributed by atoms with van der Waals surface area (Å²) in [5.74, 6) is -0.155. The van der Waals surface area contributed by atoms with Crippen molar-refractivity contribution in [2.45, 2.75) is 25.7 Å². The average Bonchev–Trinajstić information content (AvgIpc) is 2.97. The number of nitrogens with one attached hydrogen (secondary N) is 1. The van der Waals surface area contributed by atoms with Gasteiger partial charge in [-0.3, -0.25) is 14.9 Å². The summed E-state index contributed by atoms with van der Waals surface area (Å²) in [6.45, 7) is 2.10. The lowest BCUT2D eigenvalue weighted by Gasteiger charge is -2.22. The smallest absolute Gasteiger partial charge is 0.270 e. The average molecular weight is 369 g/mol. The van der Waals surface area contributed by atoms with Crippen LogP contribution in [0.3, 0.4) is 0 Å². The Labute approximate surface area is 158 Å². The van der Waals surface area contributed by atoms with Gasteiger partial charge in [-0.2, -0.15) is 0 Å². The third kappa shape index (κ3) is 4.55. The fourth-order valence-corrected chi connectivity index (χ4v) is 3.27. The number of carbonyl (C=O) groups is 1. The lowest BCUT2D eigenvalue weighted by molar-refractivity contribution is -0.384. The number of hydrogen-bond acceptors (Lipinski definition) is 5. The zero-order valence-corrected chi connectivity index (χ0v) is 15.3. The number of anilines is 2. The van der Waals surface area contributed by atoms with Crippen molar-refractivity contribution >= 4 is 23.0 Å². The van der Waals surface area contributed by atoms with E-state index in [4.69, 9.17) is 4.74 Å². The number of nitrogens with zero attached hydrogens (tertiary/aromatic N) is 2. The van der Waals surface area contributed by atoms with Gasteiger partial charge >= 0.3 is 0 Å². The minimum atomic E-state index is -0.536. The fourth-order valence-electron chi connectivity index (χ4n) is 3.27. The molecule has 1 N–H and O–H groups in total. The maximum absolute atomic E-state index is 12.6. The van der Waals surface area contributed by atoms with Crippen LogP contribution >= 0.6 is 0 Å². The first-order valence-electron chi connectivity index (χ1n) is 9.07. The Morgan fingerprint density at radius 2 is 1.74 bits per heavy atom. The highest BCUT2D eigenvalue weighted by Gasteiger charge is 2.18. The number of benzene rings is 2. The van der Waals surface area contributed by atoms with Gasteiger partial charge in [0.05, 0.1) is 17.6 Å². The van der Waals surface area contributed by atoms with Crippen molar-refractivity contribution in [3.8, 4) is 5.75 Å². The number of nitro benzene ring substituents is 1. The number of non-ortho nitro benzene ring substituents is 1. The maximum Gasteiger partial charge on any atom is 0.270 e. The molecule has 2 aromatic carbocycles. The summed E-state index contributed by atoms with van der Waals surface area (Å²) >= 11 is 0. The second kappa shape index (κ2) is 8.53. The molecule has 7 nitrogen and oxygen atoms in total. The molecule has 1 aliphatic rings. The van der Waals surface area contributed by atoms with Crippen molar-refractivity contribution in [1.29, 1.82) is 0 Å². The zero-order valence-electron chi connectivity index (χ0n) is 15.3. The van der Waals surface area contributed by atoms with Gasteiger partial charge in [0.15, 0.2) is 0 Å². The minimum Gasteiger partial charge on any atom is -0.496 e. The molecule has 0 atom stereocenters. The fraction of sp³-hybridized carbons (Fsp3) is 0.350. The molecule has 1 fully saturated rings. The lowest BCUT2D eigenvalue weighted by Crippen LogP contribution is -2.23. The van der Waals surface area contributed by atoms with Crippen LogP contribution in [0.1, 0.15) is 36.0 Å². The van der Waals surface area contributed by atoms with Gasteiger partial charge in [-0.25, -0.2) is 0 Å². The van der Waals surface area contributed by atoms with E-state index in [2.05, 4.69) is 10.2 Å². The molecule has 3 rings (SSSR count). The first-order chi connectivity index (χ1) is 13.1. The number of rotatable bonds is 5. The Kier molecular flexibility index (Phi) is 5.90. The molecule has 1 amide bonds. The Morgan fingerprint density at radius 1 is 1.07 bits per heavy atom. The molecule has 0 aliphatic carbocycles. The summed E-state index contributed by atoms with van der Waals surface area (Å²) in [4.78, 5) is 25.4. The van der Waals surface area contributed by atoms with Crippen LogP contribution in [-0.4, -0.2) is 31.0 Å². The predicted octanol–water partition coefficient (Wildman–Crippen LogP) is 4.24. The molecule has 0 radical (unpaired) electrons. The van der Waals surface area contributed by atoms with Crippen molar-refractivity contribution in [3.05, 3.63) is 58.1 Å². The van der Waals surface area contributed by atoms with Gasteiger partial charge in [-0.1, -0.05) is 12.8 Å². The second-order valence-corrected chi connectivity index (χ2v) is 6.54. The summed E-state index contributed by atoms with van der Waals surface area (Å²) in [6, 6.07) is 11.6. The normalized spacial score (nSPS) is 14.3. The van der Waals surface area contributed by atoms with E-state index in [1.54, 1.807) is 0 Å². The van der Waals surface area contributed by atoms with E-state index in [1.807, 2.05) is 24.3 Å². The monoisotopic (exact) mass is 369 g/mol. The quantitative estimate of drug-likeness (QED) is 0.629. The first kappa shape index (κ1) is 18.7. The van der Waals surface area contributed by atoms with Gasteiger partial charge in [-0.15, -0.1) is 0 Å². The standard InChI is InChI=1S/C20H23N3O4/c1-27-19-11-10-17(23(25)26)14-18(19)20(24)21-15-6-8-16(9-7-15)22-12-4-2-3-5-13-22/h6-11,14H,2-5,12-13H2,1H3,(H,21,24). The van der Waals surface area contributed by atoms with Gasteiger partial charge < -0.3 is 15.0 Å². The lowest BCUT2D eigenvalue weighted by atomic mass is 10.1. The molecule has 142 valence electrons. The summed E-state index contributed by atoms with van der Waals surface area (Å²) in [5, 5.41) is 13.8. The molecular formula is C20H23N3O4. The summed E-state index contributed by atoms with van der Waals surface area (Å²) in [5.41, 5.74) is 1.75. The van der Waals surface area contributed by atoms with E-state index in [0.29, 0.717) is 11.4 Å². The summed E-state index contributed by atoms with van der Waals surface area (Å²) in [7, 11) is 1.42. The highest BCUT2D eigenvalue weighted by Crippen LogP contribution is 2.26. The summed E-state index contributed by atoms with van der Waals surface area (Å²) < 4.78 is 5.16. The molecular weight excluding hydrogens is 346 g/mol. The first-order valence-corrected chi connectivity index (χ1v) is 9.07. The largest absolute Gasteiger partial charge is 0.496 e. The van der Waals surface area contributed by atoms with Crippen LogP contribution < -0.4 is 15.0 Å². The van der Waals surface area contributed by atoms with Crippen LogP contribution in [0.25, 0.3) is 0 Å². The van der Waals surface area contributed by atoms with E-state index < -0.39 is 10.8 Å². The molecule has 0 saturated carbocycles. The number of methoxy groups -OCH3 is 1. The van der Waals surface area contributed by atoms with E-state index in [-0.39, 0.29) is 11.3 Å². The second-order valence-electron chi connectivity index (χ2n) is 6.54. The van der Waals surface area contributed by atoms with Crippen LogP contribution in [0, 0.1) is 10.1 Å². The van der Waals surface area contributed by atoms with Crippen molar-refractivity contribution in [2.24, 2.45) is 0 Å². The van der Waals surface area contributed by atoms with E-state index in [1.165, 1.54) is 51.0 Å². The highest BCUT2D eigenvalue weighted by molar-refractivity contribution is 6.06. The molecule has 1 heterocycles. The molecule has 0 spiro atoms. The topological polar surface area (TPSA) is 84.7 Å². The van der Waals surface area contributed by atoms with E-state index in [9.17, 15) is 14.9 Å². The number of carbonyl (C=O) groups excluding carboxylic acids is 1. The van der Waals surface area contributed by atoms with Gasteiger partial charge in [0.1, 0.15) is 5.75 Å². The van der Waals surface area contributed by atoms with Crippen molar-refractivity contribution in [3.63, 3.8) is 0 Å². The third-order valence-electron chi connectivity index (χ3n) is 4.73. The van der Waals surface area contributed by atoms with Crippen LogP contribution in [-0.2, 0) is 0 Å². The third-order valence-corrected chi connectivity index (χ3v) is 4.73. The maximum atomic E-state index is 12.6. The number of nitro groups is 1. The predicted molar refractivity (Wildman–Crippen MR) is 105 cm³/mol. The Bertz CT molecular complexity index is 812. The molecule has 0 unspecified atom stereocenters. The van der Waals surface area contributed by atoms with Crippen LogP contribution in [0.2, 0.25) is 0 Å². The van der Waals surface area contributed by atoms with Crippen molar-refractivity contribution in [2.75, 3.05) is 30.4 Å². The molecule has 1 saturated heterocycles. The van der Waals surface area contributed by atoms with Crippen molar-refractivity contribution in [1.82, 2.24) is 0 Å². The number of amides is 1. The molecule has 2 aromatic rings. The highest BCUT2D eigenvalue weighted by atomic mass is 16.6. The number of hydrogen-bond donors (Lipinski definition) is 1. The Balaban J connectivity index is 1.74. The zero-order chi connectivity index (χ0) is 19.2. The Morgan fingerprint density at radius 3 is 2.33 bits per heavy atom. The van der Waals surface area contributed by atoms with Gasteiger partial charge in [0.25, 0.3) is 11.6 Å². The molecule has 1 aliphatic heterocycles. The van der Waals surface area contributed by atoms with E-state index in [0.717, 1.165) is 18.8 Å². The molecule has 7 heteroatoms. The van der Waals surface area contributed by atoms with Crippen molar-refractivity contribution < 1.29 is 14.5 Å². The van der Waals surface area contributed by atoms with Gasteiger partial charge in [0, 0.05) is 36.6 Å². The minimum absolute atomic E-state index is 0.128. The SMILES string of the molecule is COc1ccc([N+](=O)[O-])cc1C(=O)Nc1ccc(N2CCCCCC2)cc1. The Hall–Kier alpha value is -3.09. The van der Waals surface area contributed by atoms with Gasteiger partial charge in [0.2, 0.25) is 0 Å². The van der Waals surface area contributed by atoms with Crippen LogP contribution in [0.5, 0.6) is 5.75 Å². The molecule has 0 bridgehead atoms. The van der Waals surface area contributed by atoms with Crippen LogP contribution in [0.4, 0.5) is 17.1 Å². The summed E-state index contributed by atoms with van der Waals surface area (Å²) in [6.07, 6.45) is 4.95.